The van der Waals surface area contributed by atoms with Crippen LogP contribution in [0.3, 0.4) is 0 Å². The molecule has 5 nitrogen and oxygen atoms in total. The molecule has 0 unspecified atom stereocenters. The molecule has 2 rings (SSSR count). The van der Waals surface area contributed by atoms with Crippen LogP contribution in [0.2, 0.25) is 0 Å². The molecule has 0 aromatic carbocycles. The molecule has 0 heterocycles. The second-order valence-electron chi connectivity index (χ2n) is 4.49. The van der Waals surface area contributed by atoms with Gasteiger partial charge in [0.15, 0.2) is 0 Å². The van der Waals surface area contributed by atoms with Crippen LogP contribution in [-0.2, 0) is 9.59 Å². The van der Waals surface area contributed by atoms with Gasteiger partial charge >= 0.3 is 11.9 Å². The van der Waals surface area contributed by atoms with Crippen molar-refractivity contribution in [2.75, 3.05) is 0 Å². The number of aliphatic carboxylic acids is 2. The second-order valence-corrected chi connectivity index (χ2v) is 4.49. The molecule has 0 spiro atoms. The van der Waals surface area contributed by atoms with Crippen LogP contribution in [0.15, 0.2) is 0 Å². The van der Waals surface area contributed by atoms with Gasteiger partial charge in [-0.15, -0.1) is 0 Å². The third-order valence-corrected chi connectivity index (χ3v) is 3.67. The summed E-state index contributed by atoms with van der Waals surface area (Å²) >= 11 is 0. The summed E-state index contributed by atoms with van der Waals surface area (Å²) < 4.78 is 0. The molecule has 0 radical (unpaired) electrons. The lowest BCUT2D eigenvalue weighted by molar-refractivity contribution is -0.145. The van der Waals surface area contributed by atoms with E-state index in [-0.39, 0.29) is 17.8 Å². The summed E-state index contributed by atoms with van der Waals surface area (Å²) in [4.78, 5) is 21.7. The smallest absolute Gasteiger partial charge is 0.324 e. The van der Waals surface area contributed by atoms with Crippen LogP contribution in [0.5, 0.6) is 0 Å². The highest BCUT2D eigenvalue weighted by molar-refractivity contribution is 5.85. The molecular formula is C9H13NO4. The first-order valence-corrected chi connectivity index (χ1v) is 4.64. The Bertz CT molecular complexity index is 316. The van der Waals surface area contributed by atoms with E-state index in [4.69, 9.17) is 15.9 Å². The minimum atomic E-state index is -1.31. The minimum absolute atomic E-state index is 0.0337. The van der Waals surface area contributed by atoms with E-state index in [9.17, 15) is 9.59 Å². The molecule has 5 atom stereocenters. The van der Waals surface area contributed by atoms with Gasteiger partial charge in [0, 0.05) is 5.92 Å². The lowest BCUT2D eigenvalue weighted by Crippen LogP contribution is -2.50. The van der Waals surface area contributed by atoms with Crippen LogP contribution >= 0.6 is 0 Å². The molecular weight excluding hydrogens is 186 g/mol. The Morgan fingerprint density at radius 3 is 2.36 bits per heavy atom. The van der Waals surface area contributed by atoms with Crippen LogP contribution in [0.1, 0.15) is 13.3 Å². The number of hydrogen-bond donors (Lipinski definition) is 3. The molecule has 0 aliphatic heterocycles. The summed E-state index contributed by atoms with van der Waals surface area (Å²) in [6, 6.07) is 0. The van der Waals surface area contributed by atoms with Crippen molar-refractivity contribution in [2.45, 2.75) is 18.9 Å². The van der Waals surface area contributed by atoms with Crippen LogP contribution in [0.25, 0.3) is 0 Å². The van der Waals surface area contributed by atoms with Crippen LogP contribution in [0.4, 0.5) is 0 Å². The zero-order valence-electron chi connectivity index (χ0n) is 7.80. The molecule has 0 amide bonds. The average Bonchev–Trinajstić information content (AvgIpc) is 2.72. The number of carboxylic acids is 2. The van der Waals surface area contributed by atoms with Crippen molar-refractivity contribution in [2.24, 2.45) is 29.4 Å². The lowest BCUT2D eigenvalue weighted by Gasteiger charge is -2.22. The molecule has 0 aromatic heterocycles. The Morgan fingerprint density at radius 2 is 2.00 bits per heavy atom. The average molecular weight is 199 g/mol. The van der Waals surface area contributed by atoms with Gasteiger partial charge in [-0.25, -0.2) is 0 Å². The van der Waals surface area contributed by atoms with Gasteiger partial charge in [-0.3, -0.25) is 9.59 Å². The largest absolute Gasteiger partial charge is 0.481 e. The minimum Gasteiger partial charge on any atom is -0.481 e. The van der Waals surface area contributed by atoms with Crippen LogP contribution in [0, 0.1) is 23.7 Å². The summed E-state index contributed by atoms with van der Waals surface area (Å²) in [6.45, 7) is 1.87. The van der Waals surface area contributed by atoms with Gasteiger partial charge in [0.25, 0.3) is 0 Å². The number of hydrogen-bond acceptors (Lipinski definition) is 3. The fourth-order valence-electron chi connectivity index (χ4n) is 3.06. The van der Waals surface area contributed by atoms with Crippen molar-refractivity contribution in [3.05, 3.63) is 0 Å². The third kappa shape index (κ3) is 0.930. The van der Waals surface area contributed by atoms with E-state index in [0.29, 0.717) is 6.42 Å². The summed E-state index contributed by atoms with van der Waals surface area (Å²) in [5.74, 6) is -2.83. The topological polar surface area (TPSA) is 101 Å². The molecule has 0 bridgehead atoms. The molecule has 14 heavy (non-hydrogen) atoms. The fourth-order valence-corrected chi connectivity index (χ4v) is 3.06. The SMILES string of the molecule is C[C@@H]1C[C@@](N)(C(=O)O)[C@@H]2[C@@H](C(=O)O)[C@H]21. The van der Waals surface area contributed by atoms with Gasteiger partial charge in [-0.1, -0.05) is 6.92 Å². The highest BCUT2D eigenvalue weighted by Crippen LogP contribution is 2.64. The predicted octanol–water partition coefficient (Wildman–Crippen LogP) is -0.245. The molecule has 78 valence electrons. The van der Waals surface area contributed by atoms with Gasteiger partial charge in [0.2, 0.25) is 0 Å². The van der Waals surface area contributed by atoms with Crippen molar-refractivity contribution in [3.63, 3.8) is 0 Å². The van der Waals surface area contributed by atoms with E-state index in [1.54, 1.807) is 0 Å². The quantitative estimate of drug-likeness (QED) is 0.569. The number of rotatable bonds is 2. The standard InChI is InChI=1S/C9H13NO4/c1-3-2-9(10,8(13)14)6-4(3)5(6)7(11)12/h3-6H,2,10H2,1H3,(H,11,12)(H,13,14)/t3-,4-,5+,6+,9+/m1/s1. The highest BCUT2D eigenvalue weighted by atomic mass is 16.4. The van der Waals surface area contributed by atoms with Crippen molar-refractivity contribution < 1.29 is 19.8 Å². The number of carboxylic acid groups (broad SMARTS) is 2. The first kappa shape index (κ1) is 9.45. The Hall–Kier alpha value is -1.10. The molecule has 2 saturated carbocycles. The number of carbonyl (C=O) groups is 2. The maximum atomic E-state index is 11.0. The summed E-state index contributed by atoms with van der Waals surface area (Å²) in [7, 11) is 0. The van der Waals surface area contributed by atoms with Gasteiger partial charge < -0.3 is 15.9 Å². The normalized spacial score (nSPS) is 49.9. The van der Waals surface area contributed by atoms with E-state index < -0.39 is 23.4 Å². The molecule has 0 aromatic rings. The fraction of sp³-hybridized carbons (Fsp3) is 0.778. The Labute approximate surface area is 80.9 Å². The highest BCUT2D eigenvalue weighted by Gasteiger charge is 2.72. The first-order valence-electron chi connectivity index (χ1n) is 4.64. The Balaban J connectivity index is 2.26. The molecule has 0 saturated heterocycles. The lowest BCUT2D eigenvalue weighted by atomic mass is 9.88. The van der Waals surface area contributed by atoms with Crippen LogP contribution in [-0.4, -0.2) is 27.7 Å². The zero-order chi connectivity index (χ0) is 10.7. The molecule has 2 fully saturated rings. The summed E-state index contributed by atoms with van der Waals surface area (Å²) in [6.07, 6.45) is 0.390. The van der Waals surface area contributed by atoms with Crippen LogP contribution < -0.4 is 5.73 Å². The van der Waals surface area contributed by atoms with E-state index in [0.717, 1.165) is 0 Å². The second kappa shape index (κ2) is 2.48. The third-order valence-electron chi connectivity index (χ3n) is 3.67. The van der Waals surface area contributed by atoms with Gasteiger partial charge in [-0.2, -0.15) is 0 Å². The first-order chi connectivity index (χ1) is 6.39. The maximum absolute atomic E-state index is 11.0. The van der Waals surface area contributed by atoms with Gasteiger partial charge in [0.1, 0.15) is 5.54 Å². The van der Waals surface area contributed by atoms with E-state index >= 15 is 0 Å². The van der Waals surface area contributed by atoms with Crippen molar-refractivity contribution in [3.8, 4) is 0 Å². The van der Waals surface area contributed by atoms with E-state index in [1.807, 2.05) is 6.92 Å². The Kier molecular flexibility index (Phi) is 1.67. The number of fused-ring (bicyclic) bond motifs is 1. The Morgan fingerprint density at radius 1 is 1.43 bits per heavy atom. The zero-order valence-corrected chi connectivity index (χ0v) is 7.80. The van der Waals surface area contributed by atoms with Crippen molar-refractivity contribution >= 4 is 11.9 Å². The summed E-state index contributed by atoms with van der Waals surface area (Å²) in [5.41, 5.74) is 4.43. The molecule has 5 heteroatoms. The van der Waals surface area contributed by atoms with Crippen molar-refractivity contribution in [1.82, 2.24) is 0 Å². The molecule has 4 N–H and O–H groups in total. The maximum Gasteiger partial charge on any atom is 0.324 e. The van der Waals surface area contributed by atoms with E-state index in [1.165, 1.54) is 0 Å². The monoisotopic (exact) mass is 199 g/mol. The van der Waals surface area contributed by atoms with Gasteiger partial charge in [0.05, 0.1) is 5.92 Å². The predicted molar refractivity (Wildman–Crippen MR) is 46.4 cm³/mol. The van der Waals surface area contributed by atoms with E-state index in [2.05, 4.69) is 0 Å². The van der Waals surface area contributed by atoms with Crippen molar-refractivity contribution in [1.29, 1.82) is 0 Å². The van der Waals surface area contributed by atoms with Gasteiger partial charge in [-0.05, 0) is 18.3 Å². The molecule has 2 aliphatic carbocycles. The molecule has 2 aliphatic rings. The summed E-state index contributed by atoms with van der Waals surface area (Å²) in [5, 5.41) is 17.8. The number of nitrogens with two attached hydrogens (primary N) is 1.